The normalized spacial score (nSPS) is 12.9. The van der Waals surface area contributed by atoms with Gasteiger partial charge in [0.05, 0.1) is 17.9 Å². The molecule has 1 aliphatic heterocycles. The Balaban J connectivity index is 1.52. The fourth-order valence-corrected chi connectivity index (χ4v) is 3.58. The SMILES string of the molecule is Cn1nccc1-c1cc(NC(=O)ON2CCCc3ccccc32)ccc1OCCN. The van der Waals surface area contributed by atoms with Crippen molar-refractivity contribution in [2.75, 3.05) is 30.1 Å². The summed E-state index contributed by atoms with van der Waals surface area (Å²) in [6, 6.07) is 15.3. The summed E-state index contributed by atoms with van der Waals surface area (Å²) >= 11 is 0. The molecule has 0 aliphatic carbocycles. The lowest BCUT2D eigenvalue weighted by atomic mass is 10.0. The van der Waals surface area contributed by atoms with Crippen LogP contribution in [0, 0.1) is 0 Å². The Labute approximate surface area is 175 Å². The van der Waals surface area contributed by atoms with Crippen molar-refractivity contribution in [2.24, 2.45) is 12.8 Å². The summed E-state index contributed by atoms with van der Waals surface area (Å²) in [5.74, 6) is 0.674. The number of amides is 1. The van der Waals surface area contributed by atoms with Crippen LogP contribution in [0.1, 0.15) is 12.0 Å². The van der Waals surface area contributed by atoms with Crippen molar-refractivity contribution in [3.05, 3.63) is 60.3 Å². The van der Waals surface area contributed by atoms with Crippen LogP contribution < -0.4 is 20.9 Å². The van der Waals surface area contributed by atoms with Gasteiger partial charge in [-0.3, -0.25) is 10.00 Å². The predicted molar refractivity (Wildman–Crippen MR) is 115 cm³/mol. The summed E-state index contributed by atoms with van der Waals surface area (Å²) < 4.78 is 7.51. The van der Waals surface area contributed by atoms with Crippen LogP contribution in [0.25, 0.3) is 11.3 Å². The Morgan fingerprint density at radius 1 is 1.23 bits per heavy atom. The quantitative estimate of drug-likeness (QED) is 0.651. The molecule has 3 aromatic rings. The number of ether oxygens (including phenoxy) is 1. The van der Waals surface area contributed by atoms with E-state index in [1.165, 1.54) is 5.56 Å². The molecule has 30 heavy (non-hydrogen) atoms. The van der Waals surface area contributed by atoms with Crippen LogP contribution in [-0.4, -0.2) is 35.6 Å². The lowest BCUT2D eigenvalue weighted by molar-refractivity contribution is 0.145. The molecule has 0 spiro atoms. The van der Waals surface area contributed by atoms with Gasteiger partial charge in [-0.25, -0.2) is 9.86 Å². The number of aromatic nitrogens is 2. The monoisotopic (exact) mass is 407 g/mol. The molecule has 8 heteroatoms. The van der Waals surface area contributed by atoms with Gasteiger partial charge in [0.25, 0.3) is 0 Å². The Morgan fingerprint density at radius 3 is 2.90 bits per heavy atom. The number of carbonyl (C=O) groups excluding carboxylic acids is 1. The van der Waals surface area contributed by atoms with Crippen LogP contribution in [0.15, 0.2) is 54.7 Å². The molecule has 0 saturated heterocycles. The van der Waals surface area contributed by atoms with Gasteiger partial charge in [0, 0.05) is 31.0 Å². The third-order valence-corrected chi connectivity index (χ3v) is 4.96. The van der Waals surface area contributed by atoms with Crippen molar-refractivity contribution < 1.29 is 14.4 Å². The third kappa shape index (κ3) is 4.23. The molecule has 0 atom stereocenters. The fraction of sp³-hybridized carbons (Fsp3) is 0.273. The minimum atomic E-state index is -0.543. The van der Waals surface area contributed by atoms with Gasteiger partial charge >= 0.3 is 6.09 Å². The number of nitrogens with zero attached hydrogens (tertiary/aromatic N) is 3. The zero-order chi connectivity index (χ0) is 20.9. The van der Waals surface area contributed by atoms with Crippen LogP contribution in [-0.2, 0) is 18.3 Å². The minimum Gasteiger partial charge on any atom is -0.492 e. The van der Waals surface area contributed by atoms with Gasteiger partial charge in [-0.1, -0.05) is 18.2 Å². The van der Waals surface area contributed by atoms with E-state index in [4.69, 9.17) is 15.3 Å². The molecule has 1 aliphatic rings. The topological polar surface area (TPSA) is 94.6 Å². The minimum absolute atomic E-state index is 0.397. The Bertz CT molecular complexity index is 1030. The number of hydrogen-bond acceptors (Lipinski definition) is 6. The second-order valence-corrected chi connectivity index (χ2v) is 7.03. The molecular weight excluding hydrogens is 382 g/mol. The fourth-order valence-electron chi connectivity index (χ4n) is 3.58. The maximum atomic E-state index is 12.6. The number of rotatable bonds is 6. The van der Waals surface area contributed by atoms with Gasteiger partial charge in [-0.2, -0.15) is 5.10 Å². The van der Waals surface area contributed by atoms with Crippen molar-refractivity contribution >= 4 is 17.5 Å². The highest BCUT2D eigenvalue weighted by Gasteiger charge is 2.20. The van der Waals surface area contributed by atoms with Gasteiger partial charge < -0.3 is 15.3 Å². The van der Waals surface area contributed by atoms with E-state index in [9.17, 15) is 4.79 Å². The van der Waals surface area contributed by atoms with Crippen LogP contribution in [0.4, 0.5) is 16.2 Å². The second-order valence-electron chi connectivity index (χ2n) is 7.03. The van der Waals surface area contributed by atoms with Crippen LogP contribution in [0.2, 0.25) is 0 Å². The van der Waals surface area contributed by atoms with E-state index in [-0.39, 0.29) is 0 Å². The van der Waals surface area contributed by atoms with E-state index < -0.39 is 6.09 Å². The van der Waals surface area contributed by atoms with Gasteiger partial charge in [0.1, 0.15) is 12.4 Å². The van der Waals surface area contributed by atoms with Crippen LogP contribution in [0.3, 0.4) is 0 Å². The van der Waals surface area contributed by atoms with Gasteiger partial charge in [-0.05, 0) is 48.7 Å². The second kappa shape index (κ2) is 8.87. The molecule has 3 N–H and O–H groups in total. The molecule has 0 saturated carbocycles. The molecule has 0 fully saturated rings. The Kier molecular flexibility index (Phi) is 5.85. The maximum absolute atomic E-state index is 12.6. The number of fused-ring (bicyclic) bond motifs is 1. The third-order valence-electron chi connectivity index (χ3n) is 4.96. The molecule has 0 radical (unpaired) electrons. The molecule has 2 heterocycles. The number of hydroxylamine groups is 1. The molecule has 2 aromatic carbocycles. The average Bonchev–Trinajstić information content (AvgIpc) is 3.18. The molecular formula is C22H25N5O3. The Hall–Kier alpha value is -3.52. The van der Waals surface area contributed by atoms with Crippen molar-refractivity contribution in [1.29, 1.82) is 0 Å². The average molecular weight is 407 g/mol. The first-order valence-electron chi connectivity index (χ1n) is 9.95. The number of benzene rings is 2. The highest BCUT2D eigenvalue weighted by molar-refractivity contribution is 5.87. The van der Waals surface area contributed by atoms with Crippen LogP contribution in [0.5, 0.6) is 5.75 Å². The smallest absolute Gasteiger partial charge is 0.436 e. The number of hydrogen-bond donors (Lipinski definition) is 2. The summed E-state index contributed by atoms with van der Waals surface area (Å²) in [6.45, 7) is 1.47. The van der Waals surface area contributed by atoms with Crippen LogP contribution >= 0.6 is 0 Å². The zero-order valence-electron chi connectivity index (χ0n) is 16.9. The predicted octanol–water partition coefficient (Wildman–Crippen LogP) is 3.34. The number of aryl methyl sites for hydroxylation is 2. The molecule has 4 rings (SSSR count). The molecule has 1 amide bonds. The largest absolute Gasteiger partial charge is 0.492 e. The summed E-state index contributed by atoms with van der Waals surface area (Å²) in [6.07, 6.45) is 3.08. The molecule has 8 nitrogen and oxygen atoms in total. The number of carbonyl (C=O) groups is 1. The lowest BCUT2D eigenvalue weighted by Gasteiger charge is -2.29. The van der Waals surface area contributed by atoms with Gasteiger partial charge in [0.15, 0.2) is 0 Å². The van der Waals surface area contributed by atoms with E-state index in [0.717, 1.165) is 29.8 Å². The Morgan fingerprint density at radius 2 is 2.10 bits per heavy atom. The summed E-state index contributed by atoms with van der Waals surface area (Å²) in [7, 11) is 1.85. The molecule has 0 bridgehead atoms. The van der Waals surface area contributed by atoms with Gasteiger partial charge in [-0.15, -0.1) is 0 Å². The standard InChI is InChI=1S/C22H25N5O3/c1-26-20(10-12-24-26)18-15-17(8-9-21(18)29-14-11-23)25-22(28)30-27-13-4-6-16-5-2-3-7-19(16)27/h2-3,5,7-10,12,15H,4,6,11,13-14,23H2,1H3,(H,25,28). The van der Waals surface area contributed by atoms with E-state index in [1.807, 2.05) is 43.4 Å². The zero-order valence-corrected chi connectivity index (χ0v) is 16.9. The van der Waals surface area contributed by atoms with Crippen molar-refractivity contribution in [3.8, 4) is 17.0 Å². The number of nitrogens with two attached hydrogens (primary N) is 1. The first-order chi connectivity index (χ1) is 14.7. The molecule has 156 valence electrons. The van der Waals surface area contributed by atoms with Crippen molar-refractivity contribution in [2.45, 2.75) is 12.8 Å². The molecule has 0 unspecified atom stereocenters. The van der Waals surface area contributed by atoms with E-state index in [1.54, 1.807) is 22.0 Å². The van der Waals surface area contributed by atoms with Crippen molar-refractivity contribution in [3.63, 3.8) is 0 Å². The van der Waals surface area contributed by atoms with E-state index in [0.29, 0.717) is 31.1 Å². The van der Waals surface area contributed by atoms with Crippen molar-refractivity contribution in [1.82, 2.24) is 9.78 Å². The number of nitrogens with one attached hydrogen (secondary N) is 1. The summed E-state index contributed by atoms with van der Waals surface area (Å²) in [5.41, 5.74) is 9.95. The number of para-hydroxylation sites is 1. The van der Waals surface area contributed by atoms with E-state index in [2.05, 4.69) is 16.5 Å². The highest BCUT2D eigenvalue weighted by atomic mass is 16.7. The summed E-state index contributed by atoms with van der Waals surface area (Å²) in [4.78, 5) is 18.2. The van der Waals surface area contributed by atoms with Gasteiger partial charge in [0.2, 0.25) is 0 Å². The maximum Gasteiger partial charge on any atom is 0.436 e. The molecule has 1 aromatic heterocycles. The highest BCUT2D eigenvalue weighted by Crippen LogP contribution is 2.33. The lowest BCUT2D eigenvalue weighted by Crippen LogP contribution is -2.33. The van der Waals surface area contributed by atoms with E-state index >= 15 is 0 Å². The first kappa shape index (κ1) is 19.8. The summed E-state index contributed by atoms with van der Waals surface area (Å²) in [5, 5.41) is 8.68. The first-order valence-corrected chi connectivity index (χ1v) is 9.95. The number of anilines is 2.